The topological polar surface area (TPSA) is 86.8 Å². The summed E-state index contributed by atoms with van der Waals surface area (Å²) in [7, 11) is 0. The smallest absolute Gasteiger partial charge is 0.334 e. The van der Waals surface area contributed by atoms with Crippen molar-refractivity contribution < 1.29 is 19.2 Å². The van der Waals surface area contributed by atoms with Crippen molar-refractivity contribution >= 4 is 23.8 Å². The normalized spacial score (nSPS) is 28.7. The number of nitrogens with one attached hydrogen (secondary N) is 1. The van der Waals surface area contributed by atoms with E-state index in [2.05, 4.69) is 19.2 Å². The van der Waals surface area contributed by atoms with E-state index >= 15 is 0 Å². The molecule has 3 atom stereocenters. The van der Waals surface area contributed by atoms with E-state index in [4.69, 9.17) is 0 Å². The van der Waals surface area contributed by atoms with Gasteiger partial charge in [-0.25, -0.2) is 9.69 Å². The van der Waals surface area contributed by atoms with Gasteiger partial charge in [-0.1, -0.05) is 26.7 Å². The van der Waals surface area contributed by atoms with Gasteiger partial charge in [0.05, 0.1) is 0 Å². The zero-order valence-electron chi connectivity index (χ0n) is 14.2. The van der Waals surface area contributed by atoms with Crippen molar-refractivity contribution in [2.45, 2.75) is 59.0 Å². The molecule has 1 N–H and O–H groups in total. The van der Waals surface area contributed by atoms with Gasteiger partial charge in [0.1, 0.15) is 6.54 Å². The Hall–Kier alpha value is -1.92. The number of nitrogens with zero attached hydrogens (tertiary/aromatic N) is 2. The number of hydrogen-bond acceptors (Lipinski definition) is 4. The number of imide groups is 2. The predicted octanol–water partition coefficient (Wildman–Crippen LogP) is 1.13. The van der Waals surface area contributed by atoms with Crippen molar-refractivity contribution in [2.75, 3.05) is 6.54 Å². The first kappa shape index (κ1) is 17.4. The molecule has 0 radical (unpaired) electrons. The van der Waals surface area contributed by atoms with Crippen LogP contribution in [0.2, 0.25) is 0 Å². The molecule has 1 saturated carbocycles. The van der Waals surface area contributed by atoms with Gasteiger partial charge in [-0.05, 0) is 32.1 Å². The van der Waals surface area contributed by atoms with Gasteiger partial charge in [0.2, 0.25) is 5.91 Å². The van der Waals surface area contributed by atoms with E-state index in [0.717, 1.165) is 29.1 Å². The summed E-state index contributed by atoms with van der Waals surface area (Å²) in [6, 6.07) is -1.07. The van der Waals surface area contributed by atoms with Crippen LogP contribution in [-0.2, 0) is 14.4 Å². The molecule has 0 aromatic heterocycles. The molecule has 5 amide bonds. The molecular weight excluding hydrogens is 298 g/mol. The molecule has 7 heteroatoms. The van der Waals surface area contributed by atoms with Gasteiger partial charge >= 0.3 is 17.8 Å². The number of carbonyl (C=O) groups excluding carboxylic acids is 4. The molecule has 1 saturated heterocycles. The molecule has 1 aliphatic heterocycles. The summed E-state index contributed by atoms with van der Waals surface area (Å²) in [6.45, 7) is 7.17. The first-order chi connectivity index (χ1) is 10.7. The minimum Gasteiger partial charge on any atom is -0.352 e. The molecule has 1 heterocycles. The number of urea groups is 1. The van der Waals surface area contributed by atoms with E-state index < -0.39 is 36.3 Å². The summed E-state index contributed by atoms with van der Waals surface area (Å²) in [6.07, 6.45) is 3.10. The third kappa shape index (κ3) is 3.38. The molecule has 23 heavy (non-hydrogen) atoms. The van der Waals surface area contributed by atoms with Gasteiger partial charge in [-0.15, -0.1) is 0 Å². The average molecular weight is 323 g/mol. The Balaban J connectivity index is 1.99. The van der Waals surface area contributed by atoms with Crippen molar-refractivity contribution in [3.8, 4) is 0 Å². The molecule has 0 spiro atoms. The highest BCUT2D eigenvalue weighted by molar-refractivity contribution is 6.45. The van der Waals surface area contributed by atoms with Gasteiger partial charge in [0, 0.05) is 12.1 Å². The highest BCUT2D eigenvalue weighted by Gasteiger charge is 2.46. The summed E-state index contributed by atoms with van der Waals surface area (Å²) in [4.78, 5) is 49.7. The monoisotopic (exact) mass is 323 g/mol. The summed E-state index contributed by atoms with van der Waals surface area (Å²) in [5.74, 6) is -1.30. The third-order valence-electron chi connectivity index (χ3n) is 4.96. The SMILES string of the molecule is CC(C)N1C(=O)C(=O)N(CC(=O)N[C@@H]2CCC[C@H](C)[C@H]2C)C1=O. The minimum atomic E-state index is -0.927. The van der Waals surface area contributed by atoms with Crippen LogP contribution in [0.25, 0.3) is 0 Å². The molecule has 2 aliphatic rings. The van der Waals surface area contributed by atoms with E-state index in [-0.39, 0.29) is 6.04 Å². The van der Waals surface area contributed by atoms with E-state index in [1.807, 2.05) is 0 Å². The van der Waals surface area contributed by atoms with Gasteiger partial charge in [0.15, 0.2) is 0 Å². The van der Waals surface area contributed by atoms with Gasteiger partial charge in [-0.2, -0.15) is 0 Å². The first-order valence-corrected chi connectivity index (χ1v) is 8.22. The molecule has 1 aliphatic carbocycles. The lowest BCUT2D eigenvalue weighted by Crippen LogP contribution is -2.48. The van der Waals surface area contributed by atoms with Crippen LogP contribution < -0.4 is 5.32 Å². The van der Waals surface area contributed by atoms with Crippen LogP contribution in [0.5, 0.6) is 0 Å². The number of hydrogen-bond donors (Lipinski definition) is 1. The van der Waals surface area contributed by atoms with E-state index in [9.17, 15) is 19.2 Å². The highest BCUT2D eigenvalue weighted by atomic mass is 16.2. The van der Waals surface area contributed by atoms with Crippen LogP contribution in [-0.4, -0.2) is 52.2 Å². The Labute approximate surface area is 136 Å². The molecular formula is C16H25N3O4. The predicted molar refractivity (Wildman–Crippen MR) is 83.2 cm³/mol. The fourth-order valence-electron chi connectivity index (χ4n) is 3.30. The van der Waals surface area contributed by atoms with Crippen molar-refractivity contribution in [3.63, 3.8) is 0 Å². The first-order valence-electron chi connectivity index (χ1n) is 8.22. The fourth-order valence-corrected chi connectivity index (χ4v) is 3.30. The van der Waals surface area contributed by atoms with Crippen LogP contribution in [0.1, 0.15) is 47.0 Å². The molecule has 0 bridgehead atoms. The van der Waals surface area contributed by atoms with Crippen molar-refractivity contribution in [3.05, 3.63) is 0 Å². The number of carbonyl (C=O) groups is 4. The maximum Gasteiger partial charge on any atom is 0.334 e. The van der Waals surface area contributed by atoms with Gasteiger partial charge < -0.3 is 5.32 Å². The molecule has 2 rings (SSSR count). The van der Waals surface area contributed by atoms with Crippen molar-refractivity contribution in [1.82, 2.24) is 15.1 Å². The van der Waals surface area contributed by atoms with Crippen LogP contribution in [0.15, 0.2) is 0 Å². The van der Waals surface area contributed by atoms with Crippen molar-refractivity contribution in [1.29, 1.82) is 0 Å². The number of rotatable bonds is 4. The Bertz CT molecular complexity index is 531. The quantitative estimate of drug-likeness (QED) is 0.620. The maximum absolute atomic E-state index is 12.2. The fraction of sp³-hybridized carbons (Fsp3) is 0.750. The highest BCUT2D eigenvalue weighted by Crippen LogP contribution is 2.29. The molecule has 2 fully saturated rings. The van der Waals surface area contributed by atoms with E-state index in [1.54, 1.807) is 13.8 Å². The second-order valence-corrected chi connectivity index (χ2v) is 6.88. The maximum atomic E-state index is 12.2. The lowest BCUT2D eigenvalue weighted by molar-refractivity contribution is -0.144. The zero-order chi connectivity index (χ0) is 17.3. The van der Waals surface area contributed by atoms with Crippen LogP contribution >= 0.6 is 0 Å². The summed E-state index contributed by atoms with van der Waals surface area (Å²) in [5, 5.41) is 2.91. The van der Waals surface area contributed by atoms with Gasteiger partial charge in [0.25, 0.3) is 0 Å². The third-order valence-corrected chi connectivity index (χ3v) is 4.96. The minimum absolute atomic E-state index is 0.0518. The number of amides is 5. The summed E-state index contributed by atoms with van der Waals surface area (Å²) >= 11 is 0. The van der Waals surface area contributed by atoms with Crippen molar-refractivity contribution in [2.24, 2.45) is 11.8 Å². The van der Waals surface area contributed by atoms with E-state index in [0.29, 0.717) is 11.8 Å². The molecule has 0 unspecified atom stereocenters. The second kappa shape index (κ2) is 6.68. The second-order valence-electron chi connectivity index (χ2n) is 6.88. The largest absolute Gasteiger partial charge is 0.352 e. The van der Waals surface area contributed by atoms with E-state index in [1.165, 1.54) is 0 Å². The Morgan fingerprint density at radius 3 is 2.39 bits per heavy atom. The Kier molecular flexibility index (Phi) is 5.06. The average Bonchev–Trinajstić information content (AvgIpc) is 2.67. The summed E-state index contributed by atoms with van der Waals surface area (Å²) < 4.78 is 0. The van der Waals surface area contributed by atoms with Crippen LogP contribution in [0, 0.1) is 11.8 Å². The van der Waals surface area contributed by atoms with Gasteiger partial charge in [-0.3, -0.25) is 19.3 Å². The Morgan fingerprint density at radius 1 is 1.17 bits per heavy atom. The molecule has 0 aromatic carbocycles. The summed E-state index contributed by atoms with van der Waals surface area (Å²) in [5.41, 5.74) is 0. The Morgan fingerprint density at radius 2 is 1.83 bits per heavy atom. The lowest BCUT2D eigenvalue weighted by Gasteiger charge is -2.34. The lowest BCUT2D eigenvalue weighted by atomic mass is 9.78. The zero-order valence-corrected chi connectivity index (χ0v) is 14.2. The van der Waals surface area contributed by atoms with Crippen LogP contribution in [0.3, 0.4) is 0 Å². The molecule has 0 aromatic rings. The standard InChI is InChI=1S/C16H25N3O4/c1-9(2)19-15(22)14(21)18(16(19)23)8-13(20)17-12-7-5-6-10(3)11(12)4/h9-12H,5-8H2,1-4H3,(H,17,20)/t10-,11+,12+/m0/s1. The molecule has 7 nitrogen and oxygen atoms in total. The van der Waals surface area contributed by atoms with Crippen LogP contribution in [0.4, 0.5) is 4.79 Å². The molecule has 128 valence electrons.